The zero-order valence-corrected chi connectivity index (χ0v) is 13.0. The predicted octanol–water partition coefficient (Wildman–Crippen LogP) is 3.86. The van der Waals surface area contributed by atoms with Crippen LogP contribution >= 0.6 is 0 Å². The van der Waals surface area contributed by atoms with Crippen molar-refractivity contribution in [3.05, 3.63) is 57.6 Å². The second-order valence-electron chi connectivity index (χ2n) is 5.04. The van der Waals surface area contributed by atoms with Crippen molar-refractivity contribution < 1.29 is 14.5 Å². The van der Waals surface area contributed by atoms with Gasteiger partial charge < -0.3 is 15.4 Å². The molecule has 0 aliphatic heterocycles. The SMILES string of the molecule is COc1cc([N+](=O)[O-])ccc1NC(=O)Nc1ccc(C)cc1C. The molecule has 7 nitrogen and oxygen atoms in total. The number of nitrogens with one attached hydrogen (secondary N) is 2. The summed E-state index contributed by atoms with van der Waals surface area (Å²) in [5.74, 6) is 0.218. The van der Waals surface area contributed by atoms with E-state index in [0.717, 1.165) is 11.1 Å². The van der Waals surface area contributed by atoms with Crippen LogP contribution in [0.4, 0.5) is 21.9 Å². The Morgan fingerprint density at radius 1 is 1.09 bits per heavy atom. The molecule has 2 N–H and O–H groups in total. The first-order valence-corrected chi connectivity index (χ1v) is 6.88. The van der Waals surface area contributed by atoms with E-state index >= 15 is 0 Å². The van der Waals surface area contributed by atoms with E-state index in [1.807, 2.05) is 32.0 Å². The van der Waals surface area contributed by atoms with Crippen molar-refractivity contribution >= 4 is 23.1 Å². The number of ether oxygens (including phenoxy) is 1. The monoisotopic (exact) mass is 315 g/mol. The van der Waals surface area contributed by atoms with E-state index < -0.39 is 11.0 Å². The van der Waals surface area contributed by atoms with Gasteiger partial charge in [0.1, 0.15) is 5.75 Å². The van der Waals surface area contributed by atoms with E-state index in [1.165, 1.54) is 25.3 Å². The van der Waals surface area contributed by atoms with Gasteiger partial charge >= 0.3 is 6.03 Å². The van der Waals surface area contributed by atoms with E-state index in [4.69, 9.17) is 4.74 Å². The van der Waals surface area contributed by atoms with Crippen molar-refractivity contribution in [3.8, 4) is 5.75 Å². The molecular formula is C16H17N3O4. The third kappa shape index (κ3) is 3.97. The van der Waals surface area contributed by atoms with Crippen molar-refractivity contribution in [1.29, 1.82) is 0 Å². The zero-order chi connectivity index (χ0) is 17.0. The van der Waals surface area contributed by atoms with Gasteiger partial charge in [-0.3, -0.25) is 10.1 Å². The molecule has 0 fully saturated rings. The van der Waals surface area contributed by atoms with Gasteiger partial charge in [0, 0.05) is 11.8 Å². The maximum Gasteiger partial charge on any atom is 0.323 e. The first-order valence-electron chi connectivity index (χ1n) is 6.88. The van der Waals surface area contributed by atoms with Crippen molar-refractivity contribution in [3.63, 3.8) is 0 Å². The summed E-state index contributed by atoms with van der Waals surface area (Å²) in [7, 11) is 1.38. The quantitative estimate of drug-likeness (QED) is 0.661. The summed E-state index contributed by atoms with van der Waals surface area (Å²) in [6.45, 7) is 3.87. The van der Waals surface area contributed by atoms with Crippen LogP contribution < -0.4 is 15.4 Å². The number of nitrogens with zero attached hydrogens (tertiary/aromatic N) is 1. The van der Waals surface area contributed by atoms with Crippen LogP contribution in [-0.4, -0.2) is 18.1 Å². The number of rotatable bonds is 4. The fourth-order valence-electron chi connectivity index (χ4n) is 2.13. The highest BCUT2D eigenvalue weighted by Crippen LogP contribution is 2.29. The van der Waals surface area contributed by atoms with Crippen molar-refractivity contribution in [1.82, 2.24) is 0 Å². The summed E-state index contributed by atoms with van der Waals surface area (Å²) in [5.41, 5.74) is 2.97. The number of benzene rings is 2. The van der Waals surface area contributed by atoms with Crippen LogP contribution in [0, 0.1) is 24.0 Å². The summed E-state index contributed by atoms with van der Waals surface area (Å²) in [6.07, 6.45) is 0. The molecule has 0 aliphatic carbocycles. The third-order valence-electron chi connectivity index (χ3n) is 3.27. The Kier molecular flexibility index (Phi) is 4.80. The highest BCUT2D eigenvalue weighted by molar-refractivity contribution is 6.01. The number of methoxy groups -OCH3 is 1. The highest BCUT2D eigenvalue weighted by atomic mass is 16.6. The molecule has 2 aromatic carbocycles. The minimum atomic E-state index is -0.526. The lowest BCUT2D eigenvalue weighted by Crippen LogP contribution is -2.20. The number of hydrogen-bond acceptors (Lipinski definition) is 4. The molecule has 2 aromatic rings. The Labute approximate surface area is 133 Å². The number of amides is 2. The molecule has 0 radical (unpaired) electrons. The molecule has 23 heavy (non-hydrogen) atoms. The molecule has 0 aromatic heterocycles. The molecule has 0 atom stereocenters. The molecule has 120 valence electrons. The van der Waals surface area contributed by atoms with Gasteiger partial charge in [-0.05, 0) is 31.5 Å². The first-order chi connectivity index (χ1) is 10.9. The summed E-state index contributed by atoms with van der Waals surface area (Å²) in [6, 6.07) is 9.21. The molecule has 0 unspecified atom stereocenters. The molecule has 2 rings (SSSR count). The Balaban J connectivity index is 2.15. The fourth-order valence-corrected chi connectivity index (χ4v) is 2.13. The number of non-ortho nitro benzene ring substituents is 1. The minimum Gasteiger partial charge on any atom is -0.494 e. The molecule has 0 heterocycles. The molecule has 0 saturated heterocycles. The lowest BCUT2D eigenvalue weighted by Gasteiger charge is -2.12. The maximum atomic E-state index is 12.1. The van der Waals surface area contributed by atoms with E-state index in [-0.39, 0.29) is 11.4 Å². The fraction of sp³-hybridized carbons (Fsp3) is 0.188. The van der Waals surface area contributed by atoms with Gasteiger partial charge in [-0.2, -0.15) is 0 Å². The average molecular weight is 315 g/mol. The normalized spacial score (nSPS) is 10.0. The summed E-state index contributed by atoms with van der Waals surface area (Å²) >= 11 is 0. The number of carbonyl (C=O) groups is 1. The third-order valence-corrected chi connectivity index (χ3v) is 3.27. The number of anilines is 2. The topological polar surface area (TPSA) is 93.5 Å². The Hall–Kier alpha value is -3.09. The van der Waals surface area contributed by atoms with Crippen LogP contribution in [0.1, 0.15) is 11.1 Å². The number of carbonyl (C=O) groups excluding carboxylic acids is 1. The first kappa shape index (κ1) is 16.3. The standard InChI is InChI=1S/C16H17N3O4/c1-10-4-6-13(11(2)8-10)17-16(20)18-14-7-5-12(19(21)22)9-15(14)23-3/h4-9H,1-3H3,(H2,17,18,20). The van der Waals surface area contributed by atoms with Crippen LogP contribution in [0.5, 0.6) is 5.75 Å². The van der Waals surface area contributed by atoms with Crippen LogP contribution in [0.2, 0.25) is 0 Å². The smallest absolute Gasteiger partial charge is 0.323 e. The van der Waals surface area contributed by atoms with Crippen molar-refractivity contribution in [2.24, 2.45) is 0 Å². The minimum absolute atomic E-state index is 0.109. The van der Waals surface area contributed by atoms with E-state index in [9.17, 15) is 14.9 Å². The van der Waals surface area contributed by atoms with Crippen molar-refractivity contribution in [2.45, 2.75) is 13.8 Å². The lowest BCUT2D eigenvalue weighted by atomic mass is 10.1. The van der Waals surface area contributed by atoms with Gasteiger partial charge in [0.2, 0.25) is 0 Å². The number of aryl methyl sites for hydroxylation is 2. The number of urea groups is 1. The largest absolute Gasteiger partial charge is 0.494 e. The Morgan fingerprint density at radius 3 is 2.35 bits per heavy atom. The van der Waals surface area contributed by atoms with Gasteiger partial charge in [0.05, 0.1) is 23.8 Å². The molecule has 7 heteroatoms. The number of nitro benzene ring substituents is 1. The molecular weight excluding hydrogens is 298 g/mol. The number of hydrogen-bond donors (Lipinski definition) is 2. The molecule has 0 aliphatic rings. The molecule has 2 amide bonds. The molecule has 0 spiro atoms. The van der Waals surface area contributed by atoms with Gasteiger partial charge in [-0.15, -0.1) is 0 Å². The van der Waals surface area contributed by atoms with E-state index in [1.54, 1.807) is 0 Å². The maximum absolute atomic E-state index is 12.1. The second-order valence-corrected chi connectivity index (χ2v) is 5.04. The summed E-state index contributed by atoms with van der Waals surface area (Å²) < 4.78 is 5.08. The zero-order valence-electron chi connectivity index (χ0n) is 13.0. The van der Waals surface area contributed by atoms with Crippen LogP contribution in [0.3, 0.4) is 0 Å². The highest BCUT2D eigenvalue weighted by Gasteiger charge is 2.13. The molecule has 0 saturated carbocycles. The average Bonchev–Trinajstić information content (AvgIpc) is 2.50. The van der Waals surface area contributed by atoms with Crippen LogP contribution in [-0.2, 0) is 0 Å². The second kappa shape index (κ2) is 6.78. The van der Waals surface area contributed by atoms with Gasteiger partial charge in [-0.1, -0.05) is 17.7 Å². The Bertz CT molecular complexity index is 759. The molecule has 0 bridgehead atoms. The van der Waals surface area contributed by atoms with Gasteiger partial charge in [0.15, 0.2) is 0 Å². The summed E-state index contributed by atoms with van der Waals surface area (Å²) in [5, 5.41) is 16.1. The number of nitro groups is 1. The van der Waals surface area contributed by atoms with E-state index in [2.05, 4.69) is 10.6 Å². The van der Waals surface area contributed by atoms with Gasteiger partial charge in [-0.25, -0.2) is 4.79 Å². The predicted molar refractivity (Wildman–Crippen MR) is 88.2 cm³/mol. The summed E-state index contributed by atoms with van der Waals surface area (Å²) in [4.78, 5) is 22.3. The lowest BCUT2D eigenvalue weighted by molar-refractivity contribution is -0.384. The van der Waals surface area contributed by atoms with E-state index in [0.29, 0.717) is 11.4 Å². The Morgan fingerprint density at radius 2 is 1.74 bits per heavy atom. The van der Waals surface area contributed by atoms with Gasteiger partial charge in [0.25, 0.3) is 5.69 Å². The van der Waals surface area contributed by atoms with Crippen LogP contribution in [0.15, 0.2) is 36.4 Å². The van der Waals surface area contributed by atoms with Crippen LogP contribution in [0.25, 0.3) is 0 Å². The van der Waals surface area contributed by atoms with Crippen molar-refractivity contribution in [2.75, 3.05) is 17.7 Å².